The van der Waals surface area contributed by atoms with Crippen molar-refractivity contribution in [1.29, 1.82) is 0 Å². The standard InChI is InChI=1S/C16H20N2O3/c1-16(15(20)21)8-4-9-17(16)11-14(19)18-10-7-12-5-2-3-6-13(12)18/h2-3,5-6H,4,7-11H2,1H3,(H,20,21). The first kappa shape index (κ1) is 14.1. The number of hydrogen-bond donors (Lipinski definition) is 1. The molecule has 2 aliphatic rings. The molecule has 1 saturated heterocycles. The number of amides is 1. The molecular formula is C16H20N2O3. The largest absolute Gasteiger partial charge is 0.480 e. The second kappa shape index (κ2) is 5.15. The predicted molar refractivity (Wildman–Crippen MR) is 79.3 cm³/mol. The van der Waals surface area contributed by atoms with Gasteiger partial charge in [-0.1, -0.05) is 18.2 Å². The first-order valence-electron chi connectivity index (χ1n) is 7.39. The molecule has 1 fully saturated rings. The van der Waals surface area contributed by atoms with E-state index in [0.717, 1.165) is 18.5 Å². The summed E-state index contributed by atoms with van der Waals surface area (Å²) in [6, 6.07) is 7.91. The fourth-order valence-corrected chi connectivity index (χ4v) is 3.36. The Labute approximate surface area is 124 Å². The molecule has 0 saturated carbocycles. The molecule has 1 N–H and O–H groups in total. The lowest BCUT2D eigenvalue weighted by atomic mass is 9.99. The molecule has 0 bridgehead atoms. The number of carbonyl (C=O) groups is 2. The lowest BCUT2D eigenvalue weighted by Gasteiger charge is -2.31. The van der Waals surface area contributed by atoms with E-state index in [1.165, 1.54) is 5.56 Å². The van der Waals surface area contributed by atoms with Crippen LogP contribution in [0.1, 0.15) is 25.3 Å². The van der Waals surface area contributed by atoms with Crippen molar-refractivity contribution in [3.05, 3.63) is 29.8 Å². The van der Waals surface area contributed by atoms with Crippen molar-refractivity contribution in [2.24, 2.45) is 0 Å². The molecule has 2 heterocycles. The van der Waals surface area contributed by atoms with Gasteiger partial charge >= 0.3 is 5.97 Å². The van der Waals surface area contributed by atoms with Gasteiger partial charge in [0.15, 0.2) is 0 Å². The molecule has 5 heteroatoms. The van der Waals surface area contributed by atoms with Gasteiger partial charge < -0.3 is 10.0 Å². The van der Waals surface area contributed by atoms with E-state index >= 15 is 0 Å². The second-order valence-electron chi connectivity index (χ2n) is 6.03. The predicted octanol–water partition coefficient (Wildman–Crippen LogP) is 1.51. The van der Waals surface area contributed by atoms with Crippen LogP contribution in [-0.4, -0.2) is 47.1 Å². The number of para-hydroxylation sites is 1. The minimum Gasteiger partial charge on any atom is -0.480 e. The van der Waals surface area contributed by atoms with Crippen LogP contribution in [0.3, 0.4) is 0 Å². The zero-order chi connectivity index (χ0) is 15.0. The van der Waals surface area contributed by atoms with E-state index in [2.05, 4.69) is 0 Å². The van der Waals surface area contributed by atoms with Crippen molar-refractivity contribution in [3.8, 4) is 0 Å². The molecule has 0 aliphatic carbocycles. The molecule has 1 unspecified atom stereocenters. The third kappa shape index (κ3) is 2.31. The van der Waals surface area contributed by atoms with E-state index in [9.17, 15) is 14.7 Å². The summed E-state index contributed by atoms with van der Waals surface area (Å²) in [4.78, 5) is 27.6. The molecule has 1 aromatic rings. The van der Waals surface area contributed by atoms with E-state index in [1.807, 2.05) is 24.3 Å². The Balaban J connectivity index is 1.75. The van der Waals surface area contributed by atoms with E-state index in [0.29, 0.717) is 19.5 Å². The van der Waals surface area contributed by atoms with E-state index in [4.69, 9.17) is 0 Å². The van der Waals surface area contributed by atoms with Gasteiger partial charge in [-0.2, -0.15) is 0 Å². The Kier molecular flexibility index (Phi) is 3.45. The molecule has 2 aliphatic heterocycles. The lowest BCUT2D eigenvalue weighted by molar-refractivity contribution is -0.149. The number of benzene rings is 1. The number of carboxylic acids is 1. The van der Waals surface area contributed by atoms with Crippen LogP contribution < -0.4 is 4.90 Å². The van der Waals surface area contributed by atoms with Crippen LogP contribution >= 0.6 is 0 Å². The van der Waals surface area contributed by atoms with Gasteiger partial charge in [0.25, 0.3) is 0 Å². The van der Waals surface area contributed by atoms with Gasteiger partial charge in [0.2, 0.25) is 5.91 Å². The zero-order valence-corrected chi connectivity index (χ0v) is 12.2. The molecule has 21 heavy (non-hydrogen) atoms. The minimum absolute atomic E-state index is 0.00525. The summed E-state index contributed by atoms with van der Waals surface area (Å²) in [6.45, 7) is 3.25. The van der Waals surface area contributed by atoms with Crippen molar-refractivity contribution < 1.29 is 14.7 Å². The fraction of sp³-hybridized carbons (Fsp3) is 0.500. The maximum atomic E-state index is 12.6. The molecule has 1 aromatic carbocycles. The summed E-state index contributed by atoms with van der Waals surface area (Å²) in [6.07, 6.45) is 2.30. The van der Waals surface area contributed by atoms with Gasteiger partial charge in [0, 0.05) is 12.2 Å². The number of nitrogens with zero attached hydrogens (tertiary/aromatic N) is 2. The van der Waals surface area contributed by atoms with Gasteiger partial charge in [0.05, 0.1) is 6.54 Å². The van der Waals surface area contributed by atoms with Crippen LogP contribution in [0.15, 0.2) is 24.3 Å². The third-order valence-electron chi connectivity index (χ3n) is 4.76. The van der Waals surface area contributed by atoms with Gasteiger partial charge in [0.1, 0.15) is 5.54 Å². The monoisotopic (exact) mass is 288 g/mol. The SMILES string of the molecule is CC1(C(=O)O)CCCN1CC(=O)N1CCc2ccccc21. The molecule has 1 amide bonds. The average molecular weight is 288 g/mol. The Morgan fingerprint density at radius 2 is 2.05 bits per heavy atom. The molecule has 1 atom stereocenters. The first-order valence-corrected chi connectivity index (χ1v) is 7.39. The van der Waals surface area contributed by atoms with Crippen LogP contribution in [0, 0.1) is 0 Å². The van der Waals surface area contributed by atoms with Crippen molar-refractivity contribution in [3.63, 3.8) is 0 Å². The number of rotatable bonds is 3. The highest BCUT2D eigenvalue weighted by Crippen LogP contribution is 2.31. The highest BCUT2D eigenvalue weighted by Gasteiger charge is 2.44. The van der Waals surface area contributed by atoms with Crippen molar-refractivity contribution in [2.75, 3.05) is 24.5 Å². The smallest absolute Gasteiger partial charge is 0.323 e. The third-order valence-corrected chi connectivity index (χ3v) is 4.76. The van der Waals surface area contributed by atoms with E-state index < -0.39 is 11.5 Å². The summed E-state index contributed by atoms with van der Waals surface area (Å²) >= 11 is 0. The van der Waals surface area contributed by atoms with Crippen LogP contribution in [-0.2, 0) is 16.0 Å². The van der Waals surface area contributed by atoms with Gasteiger partial charge in [-0.3, -0.25) is 14.5 Å². The maximum absolute atomic E-state index is 12.6. The van der Waals surface area contributed by atoms with Crippen molar-refractivity contribution >= 4 is 17.6 Å². The quantitative estimate of drug-likeness (QED) is 0.916. The van der Waals surface area contributed by atoms with Crippen LogP contribution in [0.25, 0.3) is 0 Å². The van der Waals surface area contributed by atoms with Crippen LogP contribution in [0.5, 0.6) is 0 Å². The number of anilines is 1. The van der Waals surface area contributed by atoms with Crippen molar-refractivity contribution in [2.45, 2.75) is 31.7 Å². The van der Waals surface area contributed by atoms with E-state index in [-0.39, 0.29) is 12.5 Å². The second-order valence-corrected chi connectivity index (χ2v) is 6.03. The average Bonchev–Trinajstić information content (AvgIpc) is 3.04. The lowest BCUT2D eigenvalue weighted by Crippen LogP contribution is -2.52. The fourth-order valence-electron chi connectivity index (χ4n) is 3.36. The number of fused-ring (bicyclic) bond motifs is 1. The Hall–Kier alpha value is -1.88. The number of likely N-dealkylation sites (tertiary alicyclic amines) is 1. The highest BCUT2D eigenvalue weighted by atomic mass is 16.4. The minimum atomic E-state index is -0.908. The molecular weight excluding hydrogens is 268 g/mol. The molecule has 0 spiro atoms. The topological polar surface area (TPSA) is 60.9 Å². The van der Waals surface area contributed by atoms with Crippen LogP contribution in [0.4, 0.5) is 5.69 Å². The zero-order valence-electron chi connectivity index (χ0n) is 12.2. The molecule has 0 aromatic heterocycles. The Morgan fingerprint density at radius 3 is 2.81 bits per heavy atom. The summed E-state index contributed by atoms with van der Waals surface area (Å²) in [5.41, 5.74) is 1.25. The number of carboxylic acid groups (broad SMARTS) is 1. The Bertz CT molecular complexity index is 587. The molecule has 5 nitrogen and oxygen atoms in total. The number of hydrogen-bond acceptors (Lipinski definition) is 3. The molecule has 3 rings (SSSR count). The van der Waals surface area contributed by atoms with E-state index in [1.54, 1.807) is 16.7 Å². The first-order chi connectivity index (χ1) is 10.0. The van der Waals surface area contributed by atoms with Gasteiger partial charge in [-0.15, -0.1) is 0 Å². The van der Waals surface area contributed by atoms with Gasteiger partial charge in [-0.25, -0.2) is 0 Å². The number of aliphatic carboxylic acids is 1. The summed E-state index contributed by atoms with van der Waals surface area (Å²) < 4.78 is 0. The van der Waals surface area contributed by atoms with Gasteiger partial charge in [-0.05, 0) is 44.4 Å². The summed E-state index contributed by atoms with van der Waals surface area (Å²) in [5.74, 6) is -0.844. The Morgan fingerprint density at radius 1 is 1.29 bits per heavy atom. The highest BCUT2D eigenvalue weighted by molar-refractivity contribution is 5.97. The van der Waals surface area contributed by atoms with Crippen LogP contribution in [0.2, 0.25) is 0 Å². The molecule has 0 radical (unpaired) electrons. The maximum Gasteiger partial charge on any atom is 0.323 e. The normalized spacial score (nSPS) is 25.1. The molecule has 112 valence electrons. The summed E-state index contributed by atoms with van der Waals surface area (Å²) in [7, 11) is 0. The number of carbonyl (C=O) groups excluding carboxylic acids is 1. The van der Waals surface area contributed by atoms with Crippen molar-refractivity contribution in [1.82, 2.24) is 4.90 Å². The summed E-state index contributed by atoms with van der Waals surface area (Å²) in [5, 5.41) is 9.41.